The molecule has 179 valence electrons. The van der Waals surface area contributed by atoms with E-state index in [-0.39, 0.29) is 41.4 Å². The number of hydrogen-bond acceptors (Lipinski definition) is 4. The molecule has 0 aliphatic carbocycles. The van der Waals surface area contributed by atoms with Crippen LogP contribution in [0.15, 0.2) is 60.7 Å². The molecule has 2 aromatic rings. The fraction of sp³-hybridized carbons (Fsp3) is 0.381. The molecule has 1 amide bonds. The van der Waals surface area contributed by atoms with Gasteiger partial charge in [-0.3, -0.25) is 9.69 Å². The number of likely N-dealkylation sites (tertiary alicyclic amines) is 1. The van der Waals surface area contributed by atoms with E-state index in [9.17, 15) is 26.4 Å². The van der Waals surface area contributed by atoms with Gasteiger partial charge in [-0.05, 0) is 44.1 Å². The second kappa shape index (κ2) is 11.8. The van der Waals surface area contributed by atoms with Gasteiger partial charge in [0, 0.05) is 41.4 Å². The van der Waals surface area contributed by atoms with Crippen LogP contribution in [0.2, 0.25) is 0 Å². The van der Waals surface area contributed by atoms with E-state index in [1.165, 1.54) is 10.6 Å². The third-order valence-electron chi connectivity index (χ3n) is 5.21. The van der Waals surface area contributed by atoms with Gasteiger partial charge in [-0.1, -0.05) is 60.7 Å². The molecule has 1 N–H and O–H groups in total. The summed E-state index contributed by atoms with van der Waals surface area (Å²) < 4.78 is 60.7. The van der Waals surface area contributed by atoms with Crippen molar-refractivity contribution < 1.29 is 48.8 Å². The number of sulfonamides is 1. The zero-order valence-electron chi connectivity index (χ0n) is 17.1. The molecule has 1 aliphatic rings. The van der Waals surface area contributed by atoms with Gasteiger partial charge in [0.1, 0.15) is 0 Å². The Labute approximate surface area is 203 Å². The van der Waals surface area contributed by atoms with E-state index in [0.29, 0.717) is 0 Å². The van der Waals surface area contributed by atoms with Crippen LogP contribution in [0.4, 0.5) is 13.2 Å². The first-order valence-electron chi connectivity index (χ1n) is 9.91. The first-order valence-corrected chi connectivity index (χ1v) is 12.9. The molecule has 0 spiro atoms. The number of amides is 1. The Kier molecular flexibility index (Phi) is 9.94. The van der Waals surface area contributed by atoms with Crippen molar-refractivity contribution in [3.8, 4) is 0 Å². The van der Waals surface area contributed by atoms with Gasteiger partial charge in [-0.15, -0.1) is 0 Å². The molecule has 5 nitrogen and oxygen atoms in total. The Morgan fingerprint density at radius 3 is 2.06 bits per heavy atom. The summed E-state index contributed by atoms with van der Waals surface area (Å²) >= 11 is 0. The van der Waals surface area contributed by atoms with E-state index in [2.05, 4.69) is 29.2 Å². The summed E-state index contributed by atoms with van der Waals surface area (Å²) in [4.78, 5) is 13.9. The summed E-state index contributed by atoms with van der Waals surface area (Å²) in [7, 11) is -6.30. The minimum absolute atomic E-state index is 0. The second-order valence-electron chi connectivity index (χ2n) is 7.34. The average molecular weight is 669 g/mol. The zero-order chi connectivity index (χ0) is 22.5. The Balaban J connectivity index is 0.00000363. The van der Waals surface area contributed by atoms with Crippen LogP contribution in [0, 0.1) is 0 Å². The normalized spacial score (nSPS) is 17.2. The molecule has 0 saturated carbocycles. The Morgan fingerprint density at radius 1 is 1.03 bits per heavy atom. The molecule has 32 heavy (non-hydrogen) atoms. The van der Waals surface area contributed by atoms with Crippen LogP contribution in [-0.4, -0.2) is 50.0 Å². The van der Waals surface area contributed by atoms with Crippen molar-refractivity contribution in [2.24, 2.45) is 0 Å². The van der Waals surface area contributed by atoms with Crippen LogP contribution < -0.4 is 15.3 Å². The van der Waals surface area contributed by atoms with Gasteiger partial charge in [0.25, 0.3) is 0 Å². The Hall–Kier alpha value is -1.22. The van der Waals surface area contributed by atoms with E-state index in [1.807, 2.05) is 36.4 Å². The third kappa shape index (κ3) is 7.14. The third-order valence-corrected chi connectivity index (χ3v) is 8.94. The molecular weight excluding hydrogens is 645 g/mol. The number of carbonyl (C=O) groups excluding carboxylic acids is 1. The van der Waals surface area contributed by atoms with Crippen molar-refractivity contribution in [2.45, 2.75) is 30.8 Å². The zero-order valence-corrected chi connectivity index (χ0v) is 20.9. The van der Waals surface area contributed by atoms with E-state index < -0.39 is 29.4 Å². The van der Waals surface area contributed by atoms with E-state index >= 15 is 0 Å². The minimum Gasteiger partial charge on any atom is -0.300 e. The van der Waals surface area contributed by atoms with Gasteiger partial charge in [0.05, 0.1) is 0 Å². The maximum absolute atomic E-state index is 12.5. The SMILES string of the molecule is O=C(CCN1CCC[C@H]1CP(c1ccccc1)c1ccccc1)NS(=O)(=O)C(F)(F)F.[Au]. The quantitative estimate of drug-likeness (QED) is 0.347. The van der Waals surface area contributed by atoms with E-state index in [1.54, 1.807) is 0 Å². The van der Waals surface area contributed by atoms with Gasteiger partial charge in [0.2, 0.25) is 5.91 Å². The second-order valence-corrected chi connectivity index (χ2v) is 11.3. The smallest absolute Gasteiger partial charge is 0.300 e. The van der Waals surface area contributed by atoms with E-state index in [0.717, 1.165) is 30.3 Å². The number of carbonyl (C=O) groups is 1. The standard InChI is InChI=1S/C21H24F3N2O3PS.Au/c22-21(23,24)31(28,29)25-20(27)13-15-26-14-7-8-17(26)16-30(18-9-3-1-4-10-18)19-11-5-2-6-12-19;/h1-6,9-12,17H,7-8,13-16H2,(H,25,27);/t17-;/m0./s1. The summed E-state index contributed by atoms with van der Waals surface area (Å²) in [5.41, 5.74) is -5.50. The summed E-state index contributed by atoms with van der Waals surface area (Å²) in [6.45, 7) is 0.952. The van der Waals surface area contributed by atoms with Crippen LogP contribution in [0.1, 0.15) is 19.3 Å². The van der Waals surface area contributed by atoms with Gasteiger partial charge in [0.15, 0.2) is 0 Å². The monoisotopic (exact) mass is 669 g/mol. The van der Waals surface area contributed by atoms with Crippen molar-refractivity contribution in [1.82, 2.24) is 9.62 Å². The van der Waals surface area contributed by atoms with Crippen molar-refractivity contribution in [1.29, 1.82) is 0 Å². The molecule has 1 aliphatic heterocycles. The van der Waals surface area contributed by atoms with Crippen LogP contribution in [0.25, 0.3) is 0 Å². The summed E-state index contributed by atoms with van der Waals surface area (Å²) in [6.07, 6.45) is 2.42. The number of rotatable bonds is 8. The number of benzene rings is 2. The molecule has 1 fully saturated rings. The first kappa shape index (κ1) is 27.0. The predicted molar refractivity (Wildman–Crippen MR) is 116 cm³/mol. The van der Waals surface area contributed by atoms with E-state index in [4.69, 9.17) is 0 Å². The maximum atomic E-state index is 12.5. The number of alkyl halides is 3. The molecular formula is C21H24AuF3N2O3PS. The number of halogens is 3. The van der Waals surface area contributed by atoms with Gasteiger partial charge in [-0.25, -0.2) is 4.72 Å². The molecule has 0 aromatic heterocycles. The van der Waals surface area contributed by atoms with Crippen molar-refractivity contribution in [3.63, 3.8) is 0 Å². The fourth-order valence-electron chi connectivity index (χ4n) is 3.69. The fourth-order valence-corrected chi connectivity index (χ4v) is 6.82. The van der Waals surface area contributed by atoms with Gasteiger partial charge in [-0.2, -0.15) is 21.6 Å². The molecule has 1 heterocycles. The minimum atomic E-state index is -5.66. The molecule has 11 heteroatoms. The Bertz CT molecular complexity index is 939. The molecule has 3 rings (SSSR count). The molecule has 0 bridgehead atoms. The Morgan fingerprint density at radius 2 is 1.56 bits per heavy atom. The molecule has 1 radical (unpaired) electrons. The van der Waals surface area contributed by atoms with Crippen molar-refractivity contribution >= 4 is 34.5 Å². The summed E-state index contributed by atoms with van der Waals surface area (Å²) in [5.74, 6) is -1.14. The van der Waals surface area contributed by atoms with Crippen LogP contribution in [-0.2, 0) is 37.2 Å². The first-order chi connectivity index (χ1) is 14.7. The van der Waals surface area contributed by atoms with Gasteiger partial charge >= 0.3 is 15.5 Å². The number of hydrogen-bond donors (Lipinski definition) is 1. The molecule has 1 saturated heterocycles. The molecule has 0 unspecified atom stereocenters. The molecule has 2 aromatic carbocycles. The van der Waals surface area contributed by atoms with Crippen LogP contribution in [0.3, 0.4) is 0 Å². The summed E-state index contributed by atoms with van der Waals surface area (Å²) in [5, 5.41) is 2.48. The van der Waals surface area contributed by atoms with Crippen molar-refractivity contribution in [2.75, 3.05) is 19.3 Å². The summed E-state index contributed by atoms with van der Waals surface area (Å²) in [6, 6.07) is 20.6. The maximum Gasteiger partial charge on any atom is 0.516 e. The predicted octanol–water partition coefficient (Wildman–Crippen LogP) is 2.94. The topological polar surface area (TPSA) is 66.5 Å². The number of nitrogens with zero attached hydrogens (tertiary/aromatic N) is 1. The van der Waals surface area contributed by atoms with Crippen LogP contribution >= 0.6 is 7.92 Å². The van der Waals surface area contributed by atoms with Crippen LogP contribution in [0.5, 0.6) is 0 Å². The number of nitrogens with one attached hydrogen (secondary N) is 1. The largest absolute Gasteiger partial charge is 0.516 e. The average Bonchev–Trinajstić information content (AvgIpc) is 3.18. The van der Waals surface area contributed by atoms with Crippen molar-refractivity contribution in [3.05, 3.63) is 60.7 Å². The van der Waals surface area contributed by atoms with Gasteiger partial charge < -0.3 is 0 Å². The molecule has 1 atom stereocenters.